The Morgan fingerprint density at radius 2 is 1.76 bits per heavy atom. The van der Waals surface area contributed by atoms with Gasteiger partial charge in [0.05, 0.1) is 18.7 Å². The van der Waals surface area contributed by atoms with Crippen molar-refractivity contribution in [3.63, 3.8) is 0 Å². The molecule has 0 saturated heterocycles. The molecule has 0 aliphatic heterocycles. The van der Waals surface area contributed by atoms with Crippen LogP contribution in [0.25, 0.3) is 0 Å². The Hall–Kier alpha value is -1.02. The maximum Gasteiger partial charge on any atom is 0.326 e. The highest BCUT2D eigenvalue weighted by molar-refractivity contribution is 9.10. The maximum absolute atomic E-state index is 13.8. The molecule has 120 valence electrons. The van der Waals surface area contributed by atoms with Gasteiger partial charge in [0.2, 0.25) is 0 Å². The lowest BCUT2D eigenvalue weighted by atomic mass is 9.99. The highest BCUT2D eigenvalue weighted by Crippen LogP contribution is 2.43. The summed E-state index contributed by atoms with van der Waals surface area (Å²) in [5.74, 6) is -3.94. The van der Waals surface area contributed by atoms with E-state index in [0.29, 0.717) is 4.47 Å². The maximum atomic E-state index is 13.8. The van der Waals surface area contributed by atoms with Crippen LogP contribution in [0.1, 0.15) is 18.5 Å². The second-order valence-corrected chi connectivity index (χ2v) is 5.05. The van der Waals surface area contributed by atoms with Gasteiger partial charge in [-0.2, -0.15) is 8.78 Å². The number of benzene rings is 1. The van der Waals surface area contributed by atoms with E-state index in [1.54, 1.807) is 6.92 Å². The van der Waals surface area contributed by atoms with Crippen molar-refractivity contribution in [3.8, 4) is 11.5 Å². The summed E-state index contributed by atoms with van der Waals surface area (Å²) >= 11 is 3.19. The summed E-state index contributed by atoms with van der Waals surface area (Å²) in [6, 6.07) is 0.770. The molecular formula is C13H16BrF4NO2. The quantitative estimate of drug-likeness (QED) is 0.732. The van der Waals surface area contributed by atoms with E-state index in [2.05, 4.69) is 21.2 Å². The van der Waals surface area contributed by atoms with Crippen molar-refractivity contribution >= 4 is 15.9 Å². The molecule has 0 bridgehead atoms. The fourth-order valence-electron chi connectivity index (χ4n) is 1.89. The monoisotopic (exact) mass is 373 g/mol. The Balaban J connectivity index is 3.43. The molecule has 3 nitrogen and oxygen atoms in total. The minimum Gasteiger partial charge on any atom is -0.496 e. The van der Waals surface area contributed by atoms with Crippen LogP contribution < -0.4 is 14.8 Å². The molecule has 1 aromatic rings. The van der Waals surface area contributed by atoms with Crippen molar-refractivity contribution in [1.29, 1.82) is 0 Å². The highest BCUT2D eigenvalue weighted by Gasteiger charge is 2.50. The molecule has 0 heterocycles. The summed E-state index contributed by atoms with van der Waals surface area (Å²) in [6.07, 6.45) is -3.80. The Morgan fingerprint density at radius 1 is 1.19 bits per heavy atom. The van der Waals surface area contributed by atoms with Gasteiger partial charge < -0.3 is 14.8 Å². The zero-order chi connectivity index (χ0) is 16.2. The fourth-order valence-corrected chi connectivity index (χ4v) is 2.38. The van der Waals surface area contributed by atoms with Gasteiger partial charge in [0.15, 0.2) is 0 Å². The molecule has 1 rings (SSSR count). The van der Waals surface area contributed by atoms with Gasteiger partial charge in [0, 0.05) is 5.56 Å². The van der Waals surface area contributed by atoms with Gasteiger partial charge in [-0.05, 0) is 34.6 Å². The second-order valence-electron chi connectivity index (χ2n) is 4.19. The Labute approximate surface area is 128 Å². The molecule has 1 atom stereocenters. The third-order valence-electron chi connectivity index (χ3n) is 2.90. The van der Waals surface area contributed by atoms with Gasteiger partial charge in [0.1, 0.15) is 17.5 Å². The van der Waals surface area contributed by atoms with Gasteiger partial charge in [-0.3, -0.25) is 0 Å². The molecule has 0 fully saturated rings. The number of nitrogens with one attached hydrogen (secondary N) is 1. The Morgan fingerprint density at radius 3 is 2.19 bits per heavy atom. The van der Waals surface area contributed by atoms with Crippen molar-refractivity contribution in [2.24, 2.45) is 0 Å². The third kappa shape index (κ3) is 3.79. The molecule has 1 aromatic carbocycles. The number of ether oxygens (including phenoxy) is 2. The number of methoxy groups -OCH3 is 2. The predicted molar refractivity (Wildman–Crippen MR) is 74.6 cm³/mol. The van der Waals surface area contributed by atoms with E-state index >= 15 is 0 Å². The summed E-state index contributed by atoms with van der Waals surface area (Å²) in [6.45, 7) is 1.64. The molecule has 0 amide bonds. The standard InChI is InChI=1S/C13H16BrF4NO2/c1-4-19-11(13(17,18)12(15)16)7-5-10(21-3)8(14)6-9(7)20-2/h5-6,11-12,19H,4H2,1-3H3. The van der Waals surface area contributed by atoms with Crippen LogP contribution in [0.5, 0.6) is 11.5 Å². The van der Waals surface area contributed by atoms with E-state index in [-0.39, 0.29) is 23.6 Å². The minimum absolute atomic E-state index is 0.0638. The van der Waals surface area contributed by atoms with Crippen LogP contribution in [0.3, 0.4) is 0 Å². The smallest absolute Gasteiger partial charge is 0.326 e. The summed E-state index contributed by atoms with van der Waals surface area (Å²) in [4.78, 5) is 0. The highest BCUT2D eigenvalue weighted by atomic mass is 79.9. The topological polar surface area (TPSA) is 30.5 Å². The SMILES string of the molecule is CCNC(c1cc(OC)c(Br)cc1OC)C(F)(F)C(F)F. The second kappa shape index (κ2) is 7.31. The van der Waals surface area contributed by atoms with E-state index in [1.165, 1.54) is 26.4 Å². The van der Waals surface area contributed by atoms with Crippen LogP contribution in [-0.2, 0) is 0 Å². The minimum atomic E-state index is -4.25. The van der Waals surface area contributed by atoms with Crippen LogP contribution in [0.4, 0.5) is 17.6 Å². The Kier molecular flexibility index (Phi) is 6.27. The summed E-state index contributed by atoms with van der Waals surface area (Å²) in [5, 5.41) is 2.39. The first-order chi connectivity index (χ1) is 9.79. The molecule has 8 heteroatoms. The average Bonchev–Trinajstić information content (AvgIpc) is 2.44. The first-order valence-corrected chi connectivity index (χ1v) is 6.89. The van der Waals surface area contributed by atoms with E-state index < -0.39 is 18.4 Å². The molecule has 0 aliphatic rings. The lowest BCUT2D eigenvalue weighted by Gasteiger charge is -2.28. The van der Waals surface area contributed by atoms with Crippen LogP contribution in [0.15, 0.2) is 16.6 Å². The molecule has 0 spiro atoms. The molecule has 1 N–H and O–H groups in total. The van der Waals surface area contributed by atoms with E-state index in [1.807, 2.05) is 0 Å². The fraction of sp³-hybridized carbons (Fsp3) is 0.538. The van der Waals surface area contributed by atoms with Crippen molar-refractivity contribution in [2.75, 3.05) is 20.8 Å². The number of halogens is 5. The predicted octanol–water partition coefficient (Wildman–Crippen LogP) is 4.02. The number of rotatable bonds is 7. The summed E-state index contributed by atoms with van der Waals surface area (Å²) in [7, 11) is 2.63. The van der Waals surface area contributed by atoms with Gasteiger partial charge in [0.25, 0.3) is 0 Å². The lowest BCUT2D eigenvalue weighted by molar-refractivity contribution is -0.151. The summed E-state index contributed by atoms with van der Waals surface area (Å²) in [5.41, 5.74) is -0.0929. The molecular weight excluding hydrogens is 358 g/mol. The van der Waals surface area contributed by atoms with E-state index in [0.717, 1.165) is 0 Å². The molecule has 1 unspecified atom stereocenters. The van der Waals surface area contributed by atoms with E-state index in [9.17, 15) is 17.6 Å². The third-order valence-corrected chi connectivity index (χ3v) is 3.52. The van der Waals surface area contributed by atoms with Crippen LogP contribution in [0, 0.1) is 0 Å². The normalized spacial score (nSPS) is 13.4. The molecule has 0 aliphatic carbocycles. The van der Waals surface area contributed by atoms with Gasteiger partial charge in [-0.1, -0.05) is 6.92 Å². The van der Waals surface area contributed by atoms with Crippen LogP contribution in [-0.4, -0.2) is 33.1 Å². The van der Waals surface area contributed by atoms with Crippen molar-refractivity contribution in [1.82, 2.24) is 5.32 Å². The first kappa shape index (κ1) is 18.0. The number of hydrogen-bond acceptors (Lipinski definition) is 3. The van der Waals surface area contributed by atoms with Gasteiger partial charge >= 0.3 is 12.3 Å². The lowest BCUT2D eigenvalue weighted by Crippen LogP contribution is -2.42. The zero-order valence-corrected chi connectivity index (χ0v) is 13.3. The van der Waals surface area contributed by atoms with Crippen molar-refractivity contribution in [3.05, 3.63) is 22.2 Å². The zero-order valence-electron chi connectivity index (χ0n) is 11.7. The molecule has 0 radical (unpaired) electrons. The van der Waals surface area contributed by atoms with Crippen LogP contribution in [0.2, 0.25) is 0 Å². The molecule has 21 heavy (non-hydrogen) atoms. The molecule has 0 saturated carbocycles. The van der Waals surface area contributed by atoms with Crippen LogP contribution >= 0.6 is 15.9 Å². The largest absolute Gasteiger partial charge is 0.496 e. The molecule has 0 aromatic heterocycles. The summed E-state index contributed by atoms with van der Waals surface area (Å²) < 4.78 is 63.5. The average molecular weight is 374 g/mol. The van der Waals surface area contributed by atoms with Gasteiger partial charge in [-0.25, -0.2) is 8.78 Å². The van der Waals surface area contributed by atoms with Gasteiger partial charge in [-0.15, -0.1) is 0 Å². The first-order valence-electron chi connectivity index (χ1n) is 6.10. The number of alkyl halides is 4. The number of hydrogen-bond donors (Lipinski definition) is 1. The Bertz CT molecular complexity index is 485. The van der Waals surface area contributed by atoms with E-state index in [4.69, 9.17) is 9.47 Å². The van der Waals surface area contributed by atoms with Crippen molar-refractivity contribution < 1.29 is 27.0 Å². The van der Waals surface area contributed by atoms with Crippen molar-refractivity contribution in [2.45, 2.75) is 25.3 Å².